The Bertz CT molecular complexity index is 588. The number of aliphatic hydroxyl groups is 1. The van der Waals surface area contributed by atoms with Gasteiger partial charge in [-0.15, -0.1) is 0 Å². The Morgan fingerprint density at radius 3 is 2.55 bits per heavy atom. The first-order valence-electron chi connectivity index (χ1n) is 6.00. The van der Waals surface area contributed by atoms with Crippen LogP contribution in [0.15, 0.2) is 40.6 Å². The minimum atomic E-state index is -4.43. The minimum absolute atomic E-state index is 0.0294. The molecule has 0 aliphatic heterocycles. The molecule has 0 radical (unpaired) electrons. The number of benzene rings is 1. The third kappa shape index (κ3) is 3.07. The fourth-order valence-electron chi connectivity index (χ4n) is 1.98. The first kappa shape index (κ1) is 14.3. The number of ketones is 1. The molecule has 2 rings (SSSR count). The predicted molar refractivity (Wildman–Crippen MR) is 67.5 cm³/mol. The van der Waals surface area contributed by atoms with E-state index >= 15 is 0 Å². The maximum absolute atomic E-state index is 12.7. The van der Waals surface area contributed by atoms with Crippen molar-refractivity contribution in [2.45, 2.75) is 25.6 Å². The molecule has 0 heterocycles. The first-order chi connectivity index (χ1) is 9.39. The lowest BCUT2D eigenvalue weighted by Crippen LogP contribution is -2.08. The lowest BCUT2D eigenvalue weighted by Gasteiger charge is -2.10. The molecule has 20 heavy (non-hydrogen) atoms. The number of aliphatic hydroxyl groups excluding tert-OH is 1. The van der Waals surface area contributed by atoms with Crippen LogP contribution < -0.4 is 0 Å². The van der Waals surface area contributed by atoms with Gasteiger partial charge in [-0.2, -0.15) is 13.2 Å². The molecule has 1 aromatic rings. The molecule has 1 aliphatic rings. The largest absolute Gasteiger partial charge is 0.511 e. The lowest BCUT2D eigenvalue weighted by atomic mass is 10.1. The van der Waals surface area contributed by atoms with E-state index in [1.165, 1.54) is 18.2 Å². The summed E-state index contributed by atoms with van der Waals surface area (Å²) in [5, 5.41) is 9.43. The number of nitrogens with zero attached hydrogens (tertiary/aromatic N) is 1. The highest BCUT2D eigenvalue weighted by Crippen LogP contribution is 2.32. The molecule has 0 atom stereocenters. The molecule has 0 amide bonds. The van der Waals surface area contributed by atoms with Gasteiger partial charge in [0.2, 0.25) is 0 Å². The van der Waals surface area contributed by atoms with Crippen molar-refractivity contribution in [3.63, 3.8) is 0 Å². The summed E-state index contributed by atoms with van der Waals surface area (Å²) in [5.74, 6) is -0.293. The second-order valence-corrected chi connectivity index (χ2v) is 4.41. The van der Waals surface area contributed by atoms with E-state index in [2.05, 4.69) is 4.99 Å². The van der Waals surface area contributed by atoms with Crippen LogP contribution in [0.3, 0.4) is 0 Å². The summed E-state index contributed by atoms with van der Waals surface area (Å²) in [6.45, 7) is -0.195. The Morgan fingerprint density at radius 1 is 1.25 bits per heavy atom. The molecule has 0 aromatic heterocycles. The van der Waals surface area contributed by atoms with Gasteiger partial charge in [-0.3, -0.25) is 9.79 Å². The highest BCUT2D eigenvalue weighted by molar-refractivity contribution is 6.15. The van der Waals surface area contributed by atoms with Gasteiger partial charge >= 0.3 is 6.18 Å². The fourth-order valence-corrected chi connectivity index (χ4v) is 1.98. The van der Waals surface area contributed by atoms with Crippen LogP contribution in [-0.4, -0.2) is 17.1 Å². The fraction of sp³-hybridized carbons (Fsp3) is 0.286. The van der Waals surface area contributed by atoms with Crippen molar-refractivity contribution in [1.82, 2.24) is 0 Å². The Morgan fingerprint density at radius 2 is 1.95 bits per heavy atom. The quantitative estimate of drug-likeness (QED) is 0.864. The topological polar surface area (TPSA) is 49.7 Å². The number of hydrogen-bond donors (Lipinski definition) is 1. The molecule has 106 valence electrons. The molecule has 1 aromatic carbocycles. The SMILES string of the molecule is O=C1CCC(O)=C1C=NCc1ccccc1C(F)(F)F. The molecular formula is C14H12F3NO2. The van der Waals surface area contributed by atoms with Gasteiger partial charge in [-0.05, 0) is 11.6 Å². The summed E-state index contributed by atoms with van der Waals surface area (Å²) >= 11 is 0. The normalized spacial score (nSPS) is 16.4. The van der Waals surface area contributed by atoms with E-state index in [1.54, 1.807) is 0 Å². The van der Waals surface area contributed by atoms with Gasteiger partial charge in [0.1, 0.15) is 5.76 Å². The van der Waals surface area contributed by atoms with E-state index in [1.807, 2.05) is 0 Å². The predicted octanol–water partition coefficient (Wildman–Crippen LogP) is 3.45. The smallest absolute Gasteiger partial charge is 0.416 e. The third-order valence-electron chi connectivity index (χ3n) is 3.00. The van der Waals surface area contributed by atoms with E-state index in [4.69, 9.17) is 0 Å². The maximum Gasteiger partial charge on any atom is 0.416 e. The second-order valence-electron chi connectivity index (χ2n) is 4.41. The number of aliphatic imine (C=N–C) groups is 1. The zero-order chi connectivity index (χ0) is 14.8. The molecule has 3 nitrogen and oxygen atoms in total. The summed E-state index contributed by atoms with van der Waals surface area (Å²) in [4.78, 5) is 15.2. The van der Waals surface area contributed by atoms with Crippen molar-refractivity contribution < 1.29 is 23.1 Å². The standard InChI is InChI=1S/C14H12F3NO2/c15-14(16,17)11-4-2-1-3-9(11)7-18-8-10-12(19)5-6-13(10)20/h1-4,8,19H,5-7H2. The van der Waals surface area contributed by atoms with Crippen molar-refractivity contribution in [3.8, 4) is 0 Å². The Balaban J connectivity index is 2.16. The molecule has 0 unspecified atom stereocenters. The maximum atomic E-state index is 12.7. The van der Waals surface area contributed by atoms with Crippen LogP contribution in [0.2, 0.25) is 0 Å². The van der Waals surface area contributed by atoms with Gasteiger partial charge in [-0.1, -0.05) is 18.2 Å². The number of allylic oxidation sites excluding steroid dienone is 2. The highest BCUT2D eigenvalue weighted by Gasteiger charge is 2.32. The van der Waals surface area contributed by atoms with Crippen LogP contribution in [0, 0.1) is 0 Å². The lowest BCUT2D eigenvalue weighted by molar-refractivity contribution is -0.138. The molecule has 1 aliphatic carbocycles. The van der Waals surface area contributed by atoms with Gasteiger partial charge in [-0.25, -0.2) is 0 Å². The molecule has 0 spiro atoms. The molecular weight excluding hydrogens is 271 g/mol. The van der Waals surface area contributed by atoms with Crippen molar-refractivity contribution in [2.24, 2.45) is 4.99 Å². The number of hydrogen-bond acceptors (Lipinski definition) is 3. The van der Waals surface area contributed by atoms with E-state index in [9.17, 15) is 23.1 Å². The summed E-state index contributed by atoms with van der Waals surface area (Å²) < 4.78 is 38.2. The van der Waals surface area contributed by atoms with Gasteiger partial charge < -0.3 is 5.11 Å². The number of carbonyl (C=O) groups is 1. The van der Waals surface area contributed by atoms with Crippen LogP contribution in [0.1, 0.15) is 24.0 Å². The van der Waals surface area contributed by atoms with Crippen LogP contribution in [0.4, 0.5) is 13.2 Å². The third-order valence-corrected chi connectivity index (χ3v) is 3.00. The highest BCUT2D eigenvalue weighted by atomic mass is 19.4. The second kappa shape index (κ2) is 5.48. The molecule has 0 saturated heterocycles. The van der Waals surface area contributed by atoms with E-state index in [-0.39, 0.29) is 42.1 Å². The summed E-state index contributed by atoms with van der Waals surface area (Å²) in [5.41, 5.74) is -0.621. The van der Waals surface area contributed by atoms with Gasteiger partial charge in [0.25, 0.3) is 0 Å². The molecule has 0 fully saturated rings. The summed E-state index contributed by atoms with van der Waals surface area (Å²) in [6.07, 6.45) is -2.81. The number of rotatable bonds is 3. The van der Waals surface area contributed by atoms with Gasteiger partial charge in [0.15, 0.2) is 5.78 Å². The van der Waals surface area contributed by atoms with Crippen LogP contribution >= 0.6 is 0 Å². The van der Waals surface area contributed by atoms with Gasteiger partial charge in [0, 0.05) is 19.1 Å². The average Bonchev–Trinajstić information content (AvgIpc) is 2.70. The van der Waals surface area contributed by atoms with E-state index < -0.39 is 11.7 Å². The molecule has 0 bridgehead atoms. The van der Waals surface area contributed by atoms with Crippen LogP contribution in [-0.2, 0) is 17.5 Å². The van der Waals surface area contributed by atoms with Crippen molar-refractivity contribution in [1.29, 1.82) is 0 Å². The zero-order valence-corrected chi connectivity index (χ0v) is 10.4. The van der Waals surface area contributed by atoms with E-state index in [0.717, 1.165) is 12.3 Å². The van der Waals surface area contributed by atoms with Crippen LogP contribution in [0.5, 0.6) is 0 Å². The van der Waals surface area contributed by atoms with Crippen molar-refractivity contribution in [3.05, 3.63) is 46.7 Å². The Kier molecular flexibility index (Phi) is 3.92. The molecule has 0 saturated carbocycles. The average molecular weight is 283 g/mol. The zero-order valence-electron chi connectivity index (χ0n) is 10.4. The summed E-state index contributed by atoms with van der Waals surface area (Å²) in [6, 6.07) is 5.13. The monoisotopic (exact) mass is 283 g/mol. The molecule has 1 N–H and O–H groups in total. The molecule has 6 heteroatoms. The first-order valence-corrected chi connectivity index (χ1v) is 6.00. The van der Waals surface area contributed by atoms with E-state index in [0.29, 0.717) is 0 Å². The van der Waals surface area contributed by atoms with Crippen molar-refractivity contribution >= 4 is 12.0 Å². The summed E-state index contributed by atoms with van der Waals surface area (Å²) in [7, 11) is 0. The number of Topliss-reactive ketones (excluding diaryl/α,β-unsaturated/α-hetero) is 1. The minimum Gasteiger partial charge on any atom is -0.511 e. The Labute approximate surface area is 113 Å². The number of alkyl halides is 3. The Hall–Kier alpha value is -2.11. The van der Waals surface area contributed by atoms with Crippen molar-refractivity contribution in [2.75, 3.05) is 0 Å². The van der Waals surface area contributed by atoms with Crippen LogP contribution in [0.25, 0.3) is 0 Å². The number of halogens is 3. The van der Waals surface area contributed by atoms with Gasteiger partial charge in [0.05, 0.1) is 17.7 Å². The number of carbonyl (C=O) groups excluding carboxylic acids is 1.